The van der Waals surface area contributed by atoms with Crippen LogP contribution in [0.2, 0.25) is 0 Å². The quantitative estimate of drug-likeness (QED) is 0.733. The van der Waals surface area contributed by atoms with Gasteiger partial charge in [-0.25, -0.2) is 9.18 Å². The molecule has 1 atom stereocenters. The van der Waals surface area contributed by atoms with Crippen LogP contribution in [0.3, 0.4) is 0 Å². The van der Waals surface area contributed by atoms with Crippen LogP contribution in [0.5, 0.6) is 0 Å². The Balaban J connectivity index is 2.68. The van der Waals surface area contributed by atoms with Crippen LogP contribution in [0.1, 0.15) is 5.56 Å². The van der Waals surface area contributed by atoms with E-state index in [4.69, 9.17) is 5.11 Å². The first kappa shape index (κ1) is 14.0. The van der Waals surface area contributed by atoms with Gasteiger partial charge in [0.2, 0.25) is 5.91 Å². The normalized spacial score (nSPS) is 11.7. The van der Waals surface area contributed by atoms with Gasteiger partial charge in [-0.05, 0) is 24.1 Å². The predicted molar refractivity (Wildman–Crippen MR) is 63.7 cm³/mol. The highest BCUT2D eigenvalue weighted by atomic mass is 19.1. The van der Waals surface area contributed by atoms with E-state index in [9.17, 15) is 14.0 Å². The van der Waals surface area contributed by atoms with Crippen LogP contribution in [-0.4, -0.2) is 30.7 Å². The van der Waals surface area contributed by atoms with E-state index in [-0.39, 0.29) is 18.3 Å². The number of carbonyl (C=O) groups excluding carboxylic acids is 1. The fourth-order valence-corrected chi connectivity index (χ4v) is 1.58. The summed E-state index contributed by atoms with van der Waals surface area (Å²) in [5.74, 6) is -1.12. The minimum atomic E-state index is -1.18. The van der Waals surface area contributed by atoms with Crippen molar-refractivity contribution in [3.05, 3.63) is 35.6 Å². The minimum absolute atomic E-state index is 0.0202. The molecule has 1 rings (SSSR count). The fraction of sp³-hybridized carbons (Fsp3) is 0.333. The molecule has 0 aromatic heterocycles. The van der Waals surface area contributed by atoms with Gasteiger partial charge in [0.15, 0.2) is 0 Å². The summed E-state index contributed by atoms with van der Waals surface area (Å²) in [4.78, 5) is 22.0. The molecule has 0 bridgehead atoms. The highest BCUT2D eigenvalue weighted by molar-refractivity contribution is 5.79. The smallest absolute Gasteiger partial charge is 0.404 e. The third kappa shape index (κ3) is 4.40. The zero-order valence-electron chi connectivity index (χ0n) is 9.94. The van der Waals surface area contributed by atoms with Crippen molar-refractivity contribution in [1.82, 2.24) is 10.6 Å². The van der Waals surface area contributed by atoms with E-state index in [0.29, 0.717) is 6.42 Å². The largest absolute Gasteiger partial charge is 0.465 e. The van der Waals surface area contributed by atoms with Gasteiger partial charge in [-0.3, -0.25) is 4.79 Å². The van der Waals surface area contributed by atoms with Crippen molar-refractivity contribution in [3.8, 4) is 0 Å². The molecule has 0 aliphatic carbocycles. The highest BCUT2D eigenvalue weighted by Crippen LogP contribution is 2.10. The summed E-state index contributed by atoms with van der Waals surface area (Å²) in [6.45, 7) is 0.0202. The van der Waals surface area contributed by atoms with Crippen LogP contribution in [-0.2, 0) is 11.2 Å². The summed E-state index contributed by atoms with van der Waals surface area (Å²) in [6, 6.07) is 5.76. The number of benzene rings is 1. The van der Waals surface area contributed by atoms with Crippen molar-refractivity contribution < 1.29 is 19.1 Å². The van der Waals surface area contributed by atoms with Crippen molar-refractivity contribution >= 4 is 12.0 Å². The molecule has 0 fully saturated rings. The van der Waals surface area contributed by atoms with Crippen LogP contribution in [0.25, 0.3) is 0 Å². The lowest BCUT2D eigenvalue weighted by atomic mass is 9.98. The average molecular weight is 254 g/mol. The second kappa shape index (κ2) is 6.58. The maximum atomic E-state index is 12.7. The Morgan fingerprint density at radius 2 is 1.94 bits per heavy atom. The lowest BCUT2D eigenvalue weighted by molar-refractivity contribution is -0.124. The van der Waals surface area contributed by atoms with Gasteiger partial charge >= 0.3 is 6.09 Å². The molecule has 18 heavy (non-hydrogen) atoms. The van der Waals surface area contributed by atoms with Crippen molar-refractivity contribution in [2.24, 2.45) is 5.92 Å². The molecule has 5 nitrogen and oxygen atoms in total. The van der Waals surface area contributed by atoms with Gasteiger partial charge in [0.1, 0.15) is 5.82 Å². The van der Waals surface area contributed by atoms with E-state index in [1.807, 2.05) is 0 Å². The topological polar surface area (TPSA) is 78.4 Å². The van der Waals surface area contributed by atoms with Gasteiger partial charge < -0.3 is 15.7 Å². The summed E-state index contributed by atoms with van der Waals surface area (Å²) in [5, 5.41) is 13.2. The van der Waals surface area contributed by atoms with E-state index < -0.39 is 12.0 Å². The Labute approximate surface area is 104 Å². The molecule has 1 aromatic carbocycles. The zero-order chi connectivity index (χ0) is 13.5. The molecule has 3 N–H and O–H groups in total. The Kier molecular flexibility index (Phi) is 5.10. The first-order valence-corrected chi connectivity index (χ1v) is 5.45. The summed E-state index contributed by atoms with van der Waals surface area (Å²) in [7, 11) is 1.49. The van der Waals surface area contributed by atoms with E-state index in [1.165, 1.54) is 19.2 Å². The number of amides is 2. The van der Waals surface area contributed by atoms with Crippen LogP contribution < -0.4 is 10.6 Å². The van der Waals surface area contributed by atoms with E-state index in [2.05, 4.69) is 10.6 Å². The Bertz CT molecular complexity index is 420. The number of hydrogen-bond acceptors (Lipinski definition) is 2. The minimum Gasteiger partial charge on any atom is -0.465 e. The lowest BCUT2D eigenvalue weighted by Gasteiger charge is -2.15. The molecule has 0 saturated heterocycles. The summed E-state index contributed by atoms with van der Waals surface area (Å²) in [5.41, 5.74) is 0.775. The molecule has 0 spiro atoms. The molecule has 0 radical (unpaired) electrons. The summed E-state index contributed by atoms with van der Waals surface area (Å²) in [6.07, 6.45) is -0.830. The van der Waals surface area contributed by atoms with Gasteiger partial charge in [0.25, 0.3) is 0 Å². The van der Waals surface area contributed by atoms with Gasteiger partial charge in [-0.2, -0.15) is 0 Å². The third-order valence-corrected chi connectivity index (χ3v) is 2.51. The van der Waals surface area contributed by atoms with Crippen LogP contribution in [0.15, 0.2) is 24.3 Å². The lowest BCUT2D eigenvalue weighted by Crippen LogP contribution is -2.38. The SMILES string of the molecule is CNC(=O)[C@@H](CNC(=O)O)Cc1ccc(F)cc1. The molecule has 0 aliphatic rings. The first-order chi connectivity index (χ1) is 8.52. The fourth-order valence-electron chi connectivity index (χ4n) is 1.58. The van der Waals surface area contributed by atoms with Gasteiger partial charge in [0.05, 0.1) is 5.92 Å². The molecule has 0 aliphatic heterocycles. The Hall–Kier alpha value is -2.11. The zero-order valence-corrected chi connectivity index (χ0v) is 9.94. The Morgan fingerprint density at radius 1 is 1.33 bits per heavy atom. The van der Waals surface area contributed by atoms with Crippen LogP contribution in [0, 0.1) is 11.7 Å². The van der Waals surface area contributed by atoms with Crippen molar-refractivity contribution in [3.63, 3.8) is 0 Å². The number of halogens is 1. The van der Waals surface area contributed by atoms with Gasteiger partial charge in [0, 0.05) is 13.6 Å². The number of rotatable bonds is 5. The molecule has 0 unspecified atom stereocenters. The second-order valence-electron chi connectivity index (χ2n) is 3.83. The maximum Gasteiger partial charge on any atom is 0.404 e. The number of carboxylic acid groups (broad SMARTS) is 1. The van der Waals surface area contributed by atoms with E-state index in [1.54, 1.807) is 12.1 Å². The standard InChI is InChI=1S/C12H15FN2O3/c1-14-11(16)9(7-15-12(17)18)6-8-2-4-10(13)5-3-8/h2-5,9,15H,6-7H2,1H3,(H,14,16)(H,17,18)/t9-/m1/s1. The predicted octanol–water partition coefficient (Wildman–Crippen LogP) is 0.998. The van der Waals surface area contributed by atoms with Crippen LogP contribution in [0.4, 0.5) is 9.18 Å². The number of nitrogens with one attached hydrogen (secondary N) is 2. The molecule has 0 heterocycles. The maximum absolute atomic E-state index is 12.7. The molecule has 6 heteroatoms. The third-order valence-electron chi connectivity index (χ3n) is 2.51. The average Bonchev–Trinajstić information content (AvgIpc) is 2.35. The molecular weight excluding hydrogens is 239 g/mol. The second-order valence-corrected chi connectivity index (χ2v) is 3.83. The van der Waals surface area contributed by atoms with Gasteiger partial charge in [-0.1, -0.05) is 12.1 Å². The Morgan fingerprint density at radius 3 is 2.44 bits per heavy atom. The molecule has 2 amide bonds. The first-order valence-electron chi connectivity index (χ1n) is 5.45. The molecule has 0 saturated carbocycles. The highest BCUT2D eigenvalue weighted by Gasteiger charge is 2.18. The van der Waals surface area contributed by atoms with Crippen molar-refractivity contribution in [2.75, 3.05) is 13.6 Å². The monoisotopic (exact) mass is 254 g/mol. The molecule has 1 aromatic rings. The van der Waals surface area contributed by atoms with Crippen molar-refractivity contribution in [2.45, 2.75) is 6.42 Å². The van der Waals surface area contributed by atoms with Gasteiger partial charge in [-0.15, -0.1) is 0 Å². The van der Waals surface area contributed by atoms with E-state index in [0.717, 1.165) is 5.56 Å². The number of carbonyl (C=O) groups is 2. The summed E-state index contributed by atoms with van der Waals surface area (Å²) < 4.78 is 12.7. The number of hydrogen-bond donors (Lipinski definition) is 3. The van der Waals surface area contributed by atoms with Crippen LogP contribution >= 0.6 is 0 Å². The van der Waals surface area contributed by atoms with Crippen molar-refractivity contribution in [1.29, 1.82) is 0 Å². The van der Waals surface area contributed by atoms with E-state index >= 15 is 0 Å². The summed E-state index contributed by atoms with van der Waals surface area (Å²) >= 11 is 0. The molecular formula is C12H15FN2O3. The molecule has 98 valence electrons.